The number of nitrogens with one attached hydrogen (secondary N) is 1. The van der Waals surface area contributed by atoms with Gasteiger partial charge in [0, 0.05) is 11.1 Å². The van der Waals surface area contributed by atoms with Gasteiger partial charge in [0.2, 0.25) is 0 Å². The first-order chi connectivity index (χ1) is 13.5. The van der Waals surface area contributed by atoms with Gasteiger partial charge >= 0.3 is 0 Å². The van der Waals surface area contributed by atoms with Gasteiger partial charge in [0.25, 0.3) is 0 Å². The first-order valence-corrected chi connectivity index (χ1v) is 9.56. The molecule has 0 fully saturated rings. The summed E-state index contributed by atoms with van der Waals surface area (Å²) in [6.07, 6.45) is 8.70. The Hall–Kier alpha value is -2.69. The monoisotopic (exact) mass is 410 g/mol. The second kappa shape index (κ2) is 8.36. The van der Waals surface area contributed by atoms with Crippen molar-refractivity contribution >= 4 is 11.4 Å². The van der Waals surface area contributed by atoms with Gasteiger partial charge in [-0.1, -0.05) is 29.8 Å². The molecule has 4 rings (SSSR count). The molecule has 2 aliphatic rings. The zero-order chi connectivity index (χ0) is 19.8. The van der Waals surface area contributed by atoms with E-state index in [-0.39, 0.29) is 12.4 Å². The smallest absolute Gasteiger partial charge is 0.166 e. The van der Waals surface area contributed by atoms with Crippen LogP contribution in [0, 0.1) is 20.8 Å². The Morgan fingerprint density at radius 3 is 2.17 bits per heavy atom. The van der Waals surface area contributed by atoms with Crippen LogP contribution in [0.5, 0.6) is 11.5 Å². The summed E-state index contributed by atoms with van der Waals surface area (Å²) < 4.78 is 11.3. The summed E-state index contributed by atoms with van der Waals surface area (Å²) in [4.78, 5) is 3.69. The topological polar surface area (TPSA) is 26.1 Å². The van der Waals surface area contributed by atoms with Crippen LogP contribution in [-0.4, -0.2) is 25.8 Å². The van der Waals surface area contributed by atoms with Crippen LogP contribution >= 0.6 is 0 Å². The Labute approximate surface area is 179 Å². The molecule has 4 nitrogen and oxygen atoms in total. The molecule has 0 bridgehead atoms. The van der Waals surface area contributed by atoms with E-state index in [0.717, 1.165) is 29.4 Å². The Morgan fingerprint density at radius 1 is 0.966 bits per heavy atom. The zero-order valence-electron chi connectivity index (χ0n) is 17.5. The van der Waals surface area contributed by atoms with Gasteiger partial charge in [0.05, 0.1) is 25.5 Å². The standard InChI is InChI=1S/C24H26N2O2.ClH/c1-16-12-17(2)24(18(3)13-16)25-14-19-8-6-9-20(26(19)15-25)23-21(27-4)10-7-11-22(23)28-5;/h6-14H,15H2,1-5H3;1H. The van der Waals surface area contributed by atoms with Crippen LogP contribution in [0.4, 0.5) is 5.69 Å². The zero-order valence-corrected chi connectivity index (χ0v) is 18.3. The summed E-state index contributed by atoms with van der Waals surface area (Å²) in [7, 11) is 3.41. The summed E-state index contributed by atoms with van der Waals surface area (Å²) in [6, 6.07) is 10.4. The number of rotatable bonds is 4. The number of methoxy groups -OCH3 is 2. The Kier molecular flexibility index (Phi) is 6.06. The molecule has 29 heavy (non-hydrogen) atoms. The Morgan fingerprint density at radius 2 is 1.59 bits per heavy atom. The molecule has 0 amide bonds. The third-order valence-electron chi connectivity index (χ3n) is 5.46. The molecule has 2 aliphatic heterocycles. The van der Waals surface area contributed by atoms with Gasteiger partial charge in [-0.25, -0.2) is 0 Å². The summed E-state index contributed by atoms with van der Waals surface area (Å²) in [5.41, 5.74) is 8.60. The number of allylic oxidation sites excluding steroid dienone is 3. The molecular formula is C24H27ClN2O2. The summed E-state index contributed by atoms with van der Waals surface area (Å²) in [5.74, 6) is 1.63. The van der Waals surface area contributed by atoms with E-state index in [1.165, 1.54) is 33.0 Å². The lowest BCUT2D eigenvalue weighted by molar-refractivity contribution is -0.777. The molecule has 0 saturated carbocycles. The van der Waals surface area contributed by atoms with E-state index in [4.69, 9.17) is 9.47 Å². The second-order valence-electron chi connectivity index (χ2n) is 7.40. The van der Waals surface area contributed by atoms with Crippen molar-refractivity contribution in [1.82, 2.24) is 4.90 Å². The van der Waals surface area contributed by atoms with Crippen LogP contribution in [0.25, 0.3) is 5.70 Å². The average molecular weight is 411 g/mol. The van der Waals surface area contributed by atoms with Crippen LogP contribution in [-0.2, 0) is 0 Å². The number of hydrogen-bond donors (Lipinski definition) is 1. The van der Waals surface area contributed by atoms with Gasteiger partial charge < -0.3 is 21.9 Å². The average Bonchev–Trinajstić information content (AvgIpc) is 3.10. The van der Waals surface area contributed by atoms with Crippen molar-refractivity contribution in [2.75, 3.05) is 20.9 Å². The lowest BCUT2D eigenvalue weighted by Gasteiger charge is -2.27. The lowest BCUT2D eigenvalue weighted by Crippen LogP contribution is -3.02. The number of benzene rings is 2. The van der Waals surface area contributed by atoms with Crippen molar-refractivity contribution in [3.05, 3.63) is 82.7 Å². The number of fused-ring (bicyclic) bond motifs is 1. The SMILES string of the molecule is COc1cccc(OC)c1C1=CC=CC2=C[NH+](c3c(C)cc(C)cc3C)CN21.[Cl-]. The van der Waals surface area contributed by atoms with Gasteiger partial charge in [0.1, 0.15) is 29.1 Å². The largest absolute Gasteiger partial charge is 1.00 e. The molecule has 1 atom stereocenters. The van der Waals surface area contributed by atoms with Gasteiger partial charge in [-0.05, 0) is 45.1 Å². The van der Waals surface area contributed by atoms with Crippen molar-refractivity contribution in [2.24, 2.45) is 0 Å². The molecule has 0 aliphatic carbocycles. The molecule has 152 valence electrons. The summed E-state index contributed by atoms with van der Waals surface area (Å²) in [6.45, 7) is 7.39. The highest BCUT2D eigenvalue weighted by molar-refractivity contribution is 5.78. The van der Waals surface area contributed by atoms with Crippen LogP contribution in [0.2, 0.25) is 0 Å². The molecule has 2 aromatic rings. The van der Waals surface area contributed by atoms with Gasteiger partial charge in [-0.15, -0.1) is 0 Å². The van der Waals surface area contributed by atoms with Crippen molar-refractivity contribution in [1.29, 1.82) is 0 Å². The first-order valence-electron chi connectivity index (χ1n) is 9.56. The molecule has 0 radical (unpaired) electrons. The van der Waals surface area contributed by atoms with E-state index in [1.54, 1.807) is 14.2 Å². The normalized spacial score (nSPS) is 17.3. The van der Waals surface area contributed by atoms with E-state index >= 15 is 0 Å². The van der Waals surface area contributed by atoms with Crippen LogP contribution < -0.4 is 26.8 Å². The maximum absolute atomic E-state index is 5.65. The van der Waals surface area contributed by atoms with Gasteiger partial charge in [0.15, 0.2) is 6.67 Å². The third-order valence-corrected chi connectivity index (χ3v) is 5.46. The molecule has 1 unspecified atom stereocenters. The van der Waals surface area contributed by atoms with Crippen molar-refractivity contribution in [3.8, 4) is 11.5 Å². The fourth-order valence-electron chi connectivity index (χ4n) is 4.41. The summed E-state index contributed by atoms with van der Waals surface area (Å²) in [5, 5.41) is 0. The summed E-state index contributed by atoms with van der Waals surface area (Å²) >= 11 is 0. The van der Waals surface area contributed by atoms with Crippen LogP contribution in [0.3, 0.4) is 0 Å². The number of quaternary nitrogens is 1. The van der Waals surface area contributed by atoms with Crippen molar-refractivity contribution in [3.63, 3.8) is 0 Å². The van der Waals surface area contributed by atoms with E-state index in [1.807, 2.05) is 18.2 Å². The Balaban J connectivity index is 0.00000240. The molecule has 0 aromatic heterocycles. The van der Waals surface area contributed by atoms with Crippen LogP contribution in [0.15, 0.2) is 60.5 Å². The number of halogens is 1. The maximum Gasteiger partial charge on any atom is 0.166 e. The molecule has 2 aromatic carbocycles. The lowest BCUT2D eigenvalue weighted by atomic mass is 10.0. The number of hydrogen-bond acceptors (Lipinski definition) is 3. The third kappa shape index (κ3) is 3.66. The molecule has 0 saturated heterocycles. The molecule has 0 spiro atoms. The highest BCUT2D eigenvalue weighted by atomic mass is 35.5. The quantitative estimate of drug-likeness (QED) is 0.810. The van der Waals surface area contributed by atoms with Gasteiger partial charge in [-0.3, -0.25) is 9.80 Å². The number of ether oxygens (including phenoxy) is 2. The fourth-order valence-corrected chi connectivity index (χ4v) is 4.41. The Bertz CT molecular complexity index is 978. The minimum Gasteiger partial charge on any atom is -1.00 e. The van der Waals surface area contributed by atoms with Crippen molar-refractivity contribution < 1.29 is 26.8 Å². The molecule has 5 heteroatoms. The molecular weight excluding hydrogens is 384 g/mol. The predicted molar refractivity (Wildman–Crippen MR) is 113 cm³/mol. The molecule has 1 N–H and O–H groups in total. The maximum atomic E-state index is 5.65. The fraction of sp³-hybridized carbons (Fsp3) is 0.250. The van der Waals surface area contributed by atoms with E-state index in [2.05, 4.69) is 62.2 Å². The minimum atomic E-state index is 0. The number of aryl methyl sites for hydroxylation is 3. The van der Waals surface area contributed by atoms with E-state index in [0.29, 0.717) is 0 Å². The minimum absolute atomic E-state index is 0. The van der Waals surface area contributed by atoms with E-state index in [9.17, 15) is 0 Å². The van der Waals surface area contributed by atoms with E-state index < -0.39 is 0 Å². The second-order valence-corrected chi connectivity index (χ2v) is 7.40. The van der Waals surface area contributed by atoms with Crippen LogP contribution in [0.1, 0.15) is 22.3 Å². The number of nitrogens with zero attached hydrogens (tertiary/aromatic N) is 1. The van der Waals surface area contributed by atoms with Gasteiger partial charge in [-0.2, -0.15) is 0 Å². The highest BCUT2D eigenvalue weighted by Crippen LogP contribution is 2.39. The highest BCUT2D eigenvalue weighted by Gasteiger charge is 2.33. The first kappa shape index (κ1) is 21.0. The molecule has 2 heterocycles. The van der Waals surface area contributed by atoms with Crippen molar-refractivity contribution in [2.45, 2.75) is 20.8 Å². The predicted octanol–water partition coefficient (Wildman–Crippen LogP) is 0.875.